The molecular weight excluding hydrogens is 296 g/mol. The number of carboxylic acids is 1. The quantitative estimate of drug-likeness (QED) is 0.636. The Morgan fingerprint density at radius 3 is 2.22 bits per heavy atom. The number of carboxylic acid groups (broad SMARTS) is 1. The zero-order valence-electron chi connectivity index (χ0n) is 14.6. The summed E-state index contributed by atoms with van der Waals surface area (Å²) in [4.78, 5) is 35.3. The van der Waals surface area contributed by atoms with Crippen LogP contribution in [-0.2, 0) is 14.4 Å². The molecule has 23 heavy (non-hydrogen) atoms. The first-order valence-electron chi connectivity index (χ1n) is 8.47. The number of hydrogen-bond acceptors (Lipinski definition) is 3. The molecule has 2 unspecified atom stereocenters. The highest BCUT2D eigenvalue weighted by atomic mass is 16.4. The van der Waals surface area contributed by atoms with Gasteiger partial charge in [-0.3, -0.25) is 14.4 Å². The van der Waals surface area contributed by atoms with E-state index in [9.17, 15) is 14.4 Å². The lowest BCUT2D eigenvalue weighted by molar-refractivity contribution is -0.139. The zero-order chi connectivity index (χ0) is 17.6. The monoisotopic (exact) mass is 326 g/mol. The highest BCUT2D eigenvalue weighted by Crippen LogP contribution is 2.25. The van der Waals surface area contributed by atoms with E-state index in [-0.39, 0.29) is 42.5 Å². The van der Waals surface area contributed by atoms with E-state index in [0.29, 0.717) is 0 Å². The smallest absolute Gasteiger partial charge is 0.305 e. The summed E-state index contributed by atoms with van der Waals surface area (Å²) in [6.45, 7) is 7.31. The lowest BCUT2D eigenvalue weighted by atomic mass is 9.85. The van der Waals surface area contributed by atoms with E-state index in [4.69, 9.17) is 5.11 Å². The van der Waals surface area contributed by atoms with Crippen molar-refractivity contribution < 1.29 is 19.5 Å². The number of carbonyl (C=O) groups excluding carboxylic acids is 2. The molecule has 2 amide bonds. The number of aliphatic carboxylic acids is 1. The average molecular weight is 326 g/mol. The topological polar surface area (TPSA) is 95.5 Å². The molecule has 0 aromatic rings. The molecule has 0 heterocycles. The molecule has 0 aliphatic heterocycles. The van der Waals surface area contributed by atoms with Crippen LogP contribution in [0.2, 0.25) is 0 Å². The Balaban J connectivity index is 2.50. The summed E-state index contributed by atoms with van der Waals surface area (Å²) in [5, 5.41) is 14.7. The van der Waals surface area contributed by atoms with Gasteiger partial charge in [-0.25, -0.2) is 0 Å². The van der Waals surface area contributed by atoms with Crippen molar-refractivity contribution in [3.05, 3.63) is 0 Å². The van der Waals surface area contributed by atoms with Gasteiger partial charge in [0.25, 0.3) is 0 Å². The molecule has 1 fully saturated rings. The molecule has 6 heteroatoms. The summed E-state index contributed by atoms with van der Waals surface area (Å²) in [5.41, 5.74) is -0.794. The van der Waals surface area contributed by atoms with Gasteiger partial charge in [-0.2, -0.15) is 0 Å². The molecule has 1 saturated carbocycles. The SMILES string of the molecule is CC(CC(=O)NC(C)(CC(=O)O)C(C)C)NC(=O)C1CCCC1. The number of rotatable bonds is 8. The van der Waals surface area contributed by atoms with E-state index in [1.165, 1.54) is 0 Å². The highest BCUT2D eigenvalue weighted by molar-refractivity contribution is 5.82. The number of carbonyl (C=O) groups is 3. The molecular formula is C17H30N2O4. The number of amides is 2. The van der Waals surface area contributed by atoms with Crippen LogP contribution in [0.4, 0.5) is 0 Å². The zero-order valence-corrected chi connectivity index (χ0v) is 14.6. The van der Waals surface area contributed by atoms with Gasteiger partial charge in [0.1, 0.15) is 0 Å². The second-order valence-corrected chi connectivity index (χ2v) is 7.29. The van der Waals surface area contributed by atoms with Crippen molar-refractivity contribution in [3.63, 3.8) is 0 Å². The minimum Gasteiger partial charge on any atom is -0.481 e. The van der Waals surface area contributed by atoms with Crippen LogP contribution in [0.3, 0.4) is 0 Å². The van der Waals surface area contributed by atoms with Crippen LogP contribution < -0.4 is 10.6 Å². The standard InChI is InChI=1S/C17H30N2O4/c1-11(2)17(4,10-15(21)22)19-14(20)9-12(3)18-16(23)13-7-5-6-8-13/h11-13H,5-10H2,1-4H3,(H,18,23)(H,19,20)(H,21,22). The summed E-state index contributed by atoms with van der Waals surface area (Å²) in [6, 6.07) is -0.260. The molecule has 132 valence electrons. The van der Waals surface area contributed by atoms with Gasteiger partial charge in [0, 0.05) is 23.9 Å². The third-order valence-corrected chi connectivity index (χ3v) is 4.82. The van der Waals surface area contributed by atoms with Gasteiger partial charge in [0.2, 0.25) is 11.8 Å². The Bertz CT molecular complexity index is 444. The molecule has 6 nitrogen and oxygen atoms in total. The maximum Gasteiger partial charge on any atom is 0.305 e. The number of nitrogens with one attached hydrogen (secondary N) is 2. The molecule has 1 aliphatic rings. The van der Waals surface area contributed by atoms with Crippen LogP contribution in [-0.4, -0.2) is 34.5 Å². The van der Waals surface area contributed by atoms with Crippen LogP contribution >= 0.6 is 0 Å². The van der Waals surface area contributed by atoms with Crippen molar-refractivity contribution in [1.29, 1.82) is 0 Å². The van der Waals surface area contributed by atoms with E-state index in [2.05, 4.69) is 10.6 Å². The molecule has 0 saturated heterocycles. The summed E-state index contributed by atoms with van der Waals surface area (Å²) >= 11 is 0. The third kappa shape index (κ3) is 6.20. The fourth-order valence-corrected chi connectivity index (χ4v) is 2.95. The second-order valence-electron chi connectivity index (χ2n) is 7.29. The van der Waals surface area contributed by atoms with Crippen molar-refractivity contribution in [3.8, 4) is 0 Å². The van der Waals surface area contributed by atoms with E-state index in [1.54, 1.807) is 13.8 Å². The van der Waals surface area contributed by atoms with Gasteiger partial charge < -0.3 is 15.7 Å². The Kier molecular flexibility index (Phi) is 7.03. The van der Waals surface area contributed by atoms with E-state index in [1.807, 2.05) is 13.8 Å². The first kappa shape index (κ1) is 19.5. The summed E-state index contributed by atoms with van der Waals surface area (Å²) in [7, 11) is 0. The van der Waals surface area contributed by atoms with Gasteiger partial charge in [0.15, 0.2) is 0 Å². The maximum atomic E-state index is 12.2. The fourth-order valence-electron chi connectivity index (χ4n) is 2.95. The molecule has 0 aromatic carbocycles. The normalized spacial score (nSPS) is 19.2. The predicted molar refractivity (Wildman–Crippen MR) is 87.8 cm³/mol. The molecule has 2 atom stereocenters. The highest BCUT2D eigenvalue weighted by Gasteiger charge is 2.33. The second kappa shape index (κ2) is 8.31. The van der Waals surface area contributed by atoms with Crippen molar-refractivity contribution >= 4 is 17.8 Å². The molecule has 0 radical (unpaired) electrons. The fraction of sp³-hybridized carbons (Fsp3) is 0.824. The van der Waals surface area contributed by atoms with Crippen molar-refractivity contribution in [2.75, 3.05) is 0 Å². The van der Waals surface area contributed by atoms with E-state index < -0.39 is 11.5 Å². The maximum absolute atomic E-state index is 12.2. The first-order chi connectivity index (χ1) is 10.6. The molecule has 0 aromatic heterocycles. The third-order valence-electron chi connectivity index (χ3n) is 4.82. The van der Waals surface area contributed by atoms with Gasteiger partial charge in [-0.15, -0.1) is 0 Å². The Labute approximate surface area is 138 Å². The Hall–Kier alpha value is -1.59. The number of hydrogen-bond donors (Lipinski definition) is 3. The molecule has 1 aliphatic carbocycles. The Morgan fingerprint density at radius 1 is 1.17 bits per heavy atom. The molecule has 3 N–H and O–H groups in total. The minimum absolute atomic E-state index is 0.00839. The minimum atomic E-state index is -0.941. The molecule has 1 rings (SSSR count). The van der Waals surface area contributed by atoms with Crippen LogP contribution in [0.5, 0.6) is 0 Å². The van der Waals surface area contributed by atoms with E-state index >= 15 is 0 Å². The van der Waals surface area contributed by atoms with Crippen LogP contribution in [0.1, 0.15) is 66.2 Å². The Morgan fingerprint density at radius 2 is 1.74 bits per heavy atom. The van der Waals surface area contributed by atoms with Crippen molar-refractivity contribution in [1.82, 2.24) is 10.6 Å². The van der Waals surface area contributed by atoms with Crippen LogP contribution in [0, 0.1) is 11.8 Å². The summed E-state index contributed by atoms with van der Waals surface area (Å²) < 4.78 is 0. The lowest BCUT2D eigenvalue weighted by Crippen LogP contribution is -2.52. The first-order valence-corrected chi connectivity index (χ1v) is 8.47. The van der Waals surface area contributed by atoms with Crippen LogP contribution in [0.15, 0.2) is 0 Å². The van der Waals surface area contributed by atoms with Crippen molar-refractivity contribution in [2.45, 2.75) is 77.8 Å². The summed E-state index contributed by atoms with van der Waals surface area (Å²) in [6.07, 6.45) is 4.06. The van der Waals surface area contributed by atoms with Gasteiger partial charge in [0.05, 0.1) is 6.42 Å². The van der Waals surface area contributed by atoms with E-state index in [0.717, 1.165) is 25.7 Å². The van der Waals surface area contributed by atoms with Gasteiger partial charge >= 0.3 is 5.97 Å². The average Bonchev–Trinajstić information content (AvgIpc) is 2.90. The summed E-state index contributed by atoms with van der Waals surface area (Å²) in [5.74, 6) is -1.08. The predicted octanol–water partition coefficient (Wildman–Crippen LogP) is 2.08. The van der Waals surface area contributed by atoms with Crippen molar-refractivity contribution in [2.24, 2.45) is 11.8 Å². The van der Waals surface area contributed by atoms with Gasteiger partial charge in [-0.05, 0) is 32.6 Å². The van der Waals surface area contributed by atoms with Crippen LogP contribution in [0.25, 0.3) is 0 Å². The molecule has 0 spiro atoms. The largest absolute Gasteiger partial charge is 0.481 e. The van der Waals surface area contributed by atoms with Gasteiger partial charge in [-0.1, -0.05) is 26.7 Å². The molecule has 0 bridgehead atoms. The lowest BCUT2D eigenvalue weighted by Gasteiger charge is -2.34.